The maximum absolute atomic E-state index is 9.78. The summed E-state index contributed by atoms with van der Waals surface area (Å²) in [6.45, 7) is 6.29. The van der Waals surface area contributed by atoms with E-state index in [0.717, 1.165) is 30.0 Å². The Bertz CT molecular complexity index is 364. The number of nitrogens with one attached hydrogen (secondary N) is 1. The van der Waals surface area contributed by atoms with Crippen molar-refractivity contribution in [2.45, 2.75) is 58.2 Å². The highest BCUT2D eigenvalue weighted by molar-refractivity contribution is 7.11. The van der Waals surface area contributed by atoms with E-state index < -0.39 is 0 Å². The van der Waals surface area contributed by atoms with Gasteiger partial charge in [0.2, 0.25) is 0 Å². The van der Waals surface area contributed by atoms with Crippen molar-refractivity contribution < 1.29 is 5.11 Å². The summed E-state index contributed by atoms with van der Waals surface area (Å²) in [7, 11) is 0. The van der Waals surface area contributed by atoms with Crippen molar-refractivity contribution in [3.63, 3.8) is 0 Å². The second kappa shape index (κ2) is 4.82. The summed E-state index contributed by atoms with van der Waals surface area (Å²) in [5.74, 6) is 0. The lowest BCUT2D eigenvalue weighted by Crippen LogP contribution is -2.37. The Morgan fingerprint density at radius 3 is 2.69 bits per heavy atom. The molecular formula is C12H20N2OS. The number of aliphatic hydroxyl groups is 1. The number of aliphatic hydroxyl groups excluding tert-OH is 1. The quantitative estimate of drug-likeness (QED) is 0.852. The van der Waals surface area contributed by atoms with Crippen molar-refractivity contribution in [1.29, 1.82) is 0 Å². The van der Waals surface area contributed by atoms with Gasteiger partial charge in [-0.1, -0.05) is 0 Å². The Morgan fingerprint density at radius 1 is 1.44 bits per heavy atom. The first kappa shape index (κ1) is 12.0. The highest BCUT2D eigenvalue weighted by atomic mass is 32.1. The molecule has 1 aromatic rings. The average Bonchev–Trinajstić information content (AvgIpc) is 2.74. The summed E-state index contributed by atoms with van der Waals surface area (Å²) >= 11 is 1.74. The molecule has 1 aromatic heterocycles. The zero-order valence-corrected chi connectivity index (χ0v) is 11.0. The van der Waals surface area contributed by atoms with Crippen LogP contribution >= 0.6 is 11.3 Å². The third kappa shape index (κ3) is 2.44. The number of hydrogen-bond acceptors (Lipinski definition) is 4. The van der Waals surface area contributed by atoms with Gasteiger partial charge in [-0.2, -0.15) is 0 Å². The summed E-state index contributed by atoms with van der Waals surface area (Å²) < 4.78 is 0. The molecule has 0 aliphatic heterocycles. The number of nitrogens with zero attached hydrogens (tertiary/aromatic N) is 1. The number of hydrogen-bond donors (Lipinski definition) is 2. The van der Waals surface area contributed by atoms with E-state index in [1.807, 2.05) is 6.92 Å². The van der Waals surface area contributed by atoms with Crippen molar-refractivity contribution in [3.8, 4) is 0 Å². The first-order valence-electron chi connectivity index (χ1n) is 5.96. The van der Waals surface area contributed by atoms with E-state index in [1.54, 1.807) is 11.3 Å². The summed E-state index contributed by atoms with van der Waals surface area (Å²) in [5, 5.41) is 14.4. The molecule has 0 aromatic carbocycles. The summed E-state index contributed by atoms with van der Waals surface area (Å²) in [6.07, 6.45) is 2.95. The van der Waals surface area contributed by atoms with Crippen molar-refractivity contribution in [3.05, 3.63) is 15.6 Å². The molecule has 0 bridgehead atoms. The minimum absolute atomic E-state index is 0.178. The number of aryl methyl sites for hydroxylation is 2. The van der Waals surface area contributed by atoms with Gasteiger partial charge in [0, 0.05) is 17.0 Å². The lowest BCUT2D eigenvalue weighted by Gasteiger charge is -2.21. The van der Waals surface area contributed by atoms with Gasteiger partial charge in [0.05, 0.1) is 16.8 Å². The highest BCUT2D eigenvalue weighted by Gasteiger charge is 2.27. The Morgan fingerprint density at radius 2 is 2.19 bits per heavy atom. The van der Waals surface area contributed by atoms with Crippen molar-refractivity contribution >= 4 is 11.3 Å². The van der Waals surface area contributed by atoms with Crippen LogP contribution in [0.15, 0.2) is 0 Å². The zero-order valence-electron chi connectivity index (χ0n) is 10.2. The van der Waals surface area contributed by atoms with Crippen LogP contribution in [-0.4, -0.2) is 22.2 Å². The van der Waals surface area contributed by atoms with E-state index in [1.165, 1.54) is 4.88 Å². The van der Waals surface area contributed by atoms with E-state index >= 15 is 0 Å². The molecule has 0 radical (unpaired) electrons. The van der Waals surface area contributed by atoms with Crippen LogP contribution in [0, 0.1) is 13.8 Å². The predicted molar refractivity (Wildman–Crippen MR) is 66.8 cm³/mol. The molecule has 0 spiro atoms. The van der Waals surface area contributed by atoms with Gasteiger partial charge in [-0.05, 0) is 40.0 Å². The SMILES string of the molecule is Cc1nc(C(C)NC2CCCC2O)c(C)s1. The molecule has 0 amide bonds. The van der Waals surface area contributed by atoms with Crippen LogP contribution in [0.25, 0.3) is 0 Å². The molecule has 1 saturated carbocycles. The molecule has 3 unspecified atom stereocenters. The van der Waals surface area contributed by atoms with Crippen LogP contribution in [-0.2, 0) is 0 Å². The van der Waals surface area contributed by atoms with Crippen molar-refractivity contribution in [1.82, 2.24) is 10.3 Å². The van der Waals surface area contributed by atoms with Crippen LogP contribution in [0.2, 0.25) is 0 Å². The molecule has 1 fully saturated rings. The molecule has 16 heavy (non-hydrogen) atoms. The van der Waals surface area contributed by atoms with Gasteiger partial charge in [0.1, 0.15) is 0 Å². The fourth-order valence-electron chi connectivity index (χ4n) is 2.48. The van der Waals surface area contributed by atoms with Gasteiger partial charge in [-0.25, -0.2) is 4.98 Å². The van der Waals surface area contributed by atoms with Crippen LogP contribution in [0.5, 0.6) is 0 Å². The second-order valence-electron chi connectivity index (χ2n) is 4.67. The lowest BCUT2D eigenvalue weighted by molar-refractivity contribution is 0.143. The molecule has 4 heteroatoms. The molecule has 1 aliphatic carbocycles. The molecule has 1 aliphatic rings. The number of rotatable bonds is 3. The monoisotopic (exact) mass is 240 g/mol. The molecular weight excluding hydrogens is 220 g/mol. The van der Waals surface area contributed by atoms with E-state index in [2.05, 4.69) is 24.1 Å². The fraction of sp³-hybridized carbons (Fsp3) is 0.750. The van der Waals surface area contributed by atoms with Gasteiger partial charge in [-0.3, -0.25) is 0 Å². The lowest BCUT2D eigenvalue weighted by atomic mass is 10.1. The molecule has 90 valence electrons. The topological polar surface area (TPSA) is 45.2 Å². The zero-order chi connectivity index (χ0) is 11.7. The van der Waals surface area contributed by atoms with E-state index in [4.69, 9.17) is 0 Å². The predicted octanol–water partition coefficient (Wildman–Crippen LogP) is 2.32. The van der Waals surface area contributed by atoms with Gasteiger partial charge in [0.15, 0.2) is 0 Å². The van der Waals surface area contributed by atoms with Crippen LogP contribution in [0.4, 0.5) is 0 Å². The Kier molecular flexibility index (Phi) is 3.62. The largest absolute Gasteiger partial charge is 0.392 e. The fourth-order valence-corrected chi connectivity index (χ4v) is 3.40. The van der Waals surface area contributed by atoms with Gasteiger partial charge >= 0.3 is 0 Å². The summed E-state index contributed by atoms with van der Waals surface area (Å²) in [5.41, 5.74) is 1.14. The maximum Gasteiger partial charge on any atom is 0.0900 e. The summed E-state index contributed by atoms with van der Waals surface area (Å²) in [6, 6.07) is 0.485. The Hall–Kier alpha value is -0.450. The van der Waals surface area contributed by atoms with Gasteiger partial charge in [-0.15, -0.1) is 11.3 Å². The molecule has 3 nitrogen and oxygen atoms in total. The average molecular weight is 240 g/mol. The smallest absolute Gasteiger partial charge is 0.0900 e. The molecule has 3 atom stereocenters. The minimum atomic E-state index is -0.178. The molecule has 2 N–H and O–H groups in total. The Labute approximate surface area is 101 Å². The molecule has 2 rings (SSSR count). The number of thiazole rings is 1. The van der Waals surface area contributed by atoms with Crippen LogP contribution in [0.3, 0.4) is 0 Å². The standard InChI is InChI=1S/C12H20N2OS/c1-7(12-8(2)16-9(3)14-12)13-10-5-4-6-11(10)15/h7,10-11,13,15H,4-6H2,1-3H3. The van der Waals surface area contributed by atoms with Crippen molar-refractivity contribution in [2.24, 2.45) is 0 Å². The van der Waals surface area contributed by atoms with E-state index in [0.29, 0.717) is 0 Å². The Balaban J connectivity index is 2.02. The first-order valence-corrected chi connectivity index (χ1v) is 6.77. The van der Waals surface area contributed by atoms with Crippen LogP contribution < -0.4 is 5.32 Å². The van der Waals surface area contributed by atoms with Crippen LogP contribution in [0.1, 0.15) is 47.8 Å². The highest BCUT2D eigenvalue weighted by Crippen LogP contribution is 2.26. The summed E-state index contributed by atoms with van der Waals surface area (Å²) in [4.78, 5) is 5.83. The van der Waals surface area contributed by atoms with E-state index in [9.17, 15) is 5.11 Å². The second-order valence-corrected chi connectivity index (χ2v) is 6.07. The molecule has 1 heterocycles. The minimum Gasteiger partial charge on any atom is -0.392 e. The third-order valence-corrected chi connectivity index (χ3v) is 4.20. The van der Waals surface area contributed by atoms with Gasteiger partial charge < -0.3 is 10.4 Å². The molecule has 0 saturated heterocycles. The van der Waals surface area contributed by atoms with E-state index in [-0.39, 0.29) is 18.2 Å². The normalized spacial score (nSPS) is 27.2. The third-order valence-electron chi connectivity index (χ3n) is 3.29. The van der Waals surface area contributed by atoms with Crippen molar-refractivity contribution in [2.75, 3.05) is 0 Å². The maximum atomic E-state index is 9.78. The first-order chi connectivity index (χ1) is 7.58. The number of aromatic nitrogens is 1. The van der Waals surface area contributed by atoms with Gasteiger partial charge in [0.25, 0.3) is 0 Å².